The molecule has 0 radical (unpaired) electrons. The lowest BCUT2D eigenvalue weighted by Crippen LogP contribution is -2.49. The van der Waals surface area contributed by atoms with Crippen molar-refractivity contribution in [2.24, 2.45) is 17.6 Å². The third-order valence-corrected chi connectivity index (χ3v) is 4.47. The second-order valence-electron chi connectivity index (χ2n) is 5.65. The smallest absolute Gasteiger partial charge is 0.0465 e. The Bertz CT molecular complexity index is 185. The molecule has 1 aliphatic carbocycles. The van der Waals surface area contributed by atoms with Gasteiger partial charge in [0.15, 0.2) is 0 Å². The molecule has 2 N–H and O–H groups in total. The van der Waals surface area contributed by atoms with E-state index in [4.69, 9.17) is 10.5 Å². The van der Waals surface area contributed by atoms with Crippen LogP contribution < -0.4 is 5.73 Å². The maximum atomic E-state index is 6.55. The quantitative estimate of drug-likeness (QED) is 0.755. The minimum absolute atomic E-state index is 0.0861. The predicted octanol–water partition coefficient (Wildman–Crippen LogP) is 3.35. The number of hydrogen-bond donors (Lipinski definition) is 1. The Kier molecular flexibility index (Phi) is 5.77. The summed E-state index contributed by atoms with van der Waals surface area (Å²) in [7, 11) is 1.77. The van der Waals surface area contributed by atoms with Gasteiger partial charge < -0.3 is 10.5 Å². The Morgan fingerprint density at radius 1 is 1.38 bits per heavy atom. The van der Waals surface area contributed by atoms with E-state index in [1.165, 1.54) is 38.5 Å². The van der Waals surface area contributed by atoms with Crippen LogP contribution in [0.1, 0.15) is 58.8 Å². The second kappa shape index (κ2) is 6.61. The standard InChI is InChI=1S/C14H29NO/c1-4-5-13-6-9-14(15,10-7-13)12(2)8-11-16-3/h12-13H,4-11,15H2,1-3H3. The van der Waals surface area contributed by atoms with Crippen LogP contribution in [0.4, 0.5) is 0 Å². The molecule has 1 rings (SSSR count). The summed E-state index contributed by atoms with van der Waals surface area (Å²) in [6.45, 7) is 5.42. The Labute approximate surface area is 101 Å². The molecule has 1 unspecified atom stereocenters. The van der Waals surface area contributed by atoms with Crippen molar-refractivity contribution in [3.8, 4) is 0 Å². The average Bonchev–Trinajstić information content (AvgIpc) is 2.29. The maximum Gasteiger partial charge on any atom is 0.0465 e. The Hall–Kier alpha value is -0.0800. The molecule has 0 amide bonds. The molecule has 1 atom stereocenters. The lowest BCUT2D eigenvalue weighted by molar-refractivity contribution is 0.121. The molecular formula is C14H29NO. The highest BCUT2D eigenvalue weighted by Crippen LogP contribution is 2.38. The predicted molar refractivity (Wildman–Crippen MR) is 69.4 cm³/mol. The first-order valence-corrected chi connectivity index (χ1v) is 6.90. The molecule has 1 saturated carbocycles. The normalized spacial score (nSPS) is 32.6. The van der Waals surface area contributed by atoms with Crippen LogP contribution in [0.15, 0.2) is 0 Å². The van der Waals surface area contributed by atoms with E-state index >= 15 is 0 Å². The van der Waals surface area contributed by atoms with Gasteiger partial charge >= 0.3 is 0 Å². The molecule has 0 aromatic rings. The largest absolute Gasteiger partial charge is 0.385 e. The van der Waals surface area contributed by atoms with Crippen LogP contribution in [0.5, 0.6) is 0 Å². The summed E-state index contributed by atoms with van der Waals surface area (Å²) in [5.41, 5.74) is 6.63. The Morgan fingerprint density at radius 2 is 2.00 bits per heavy atom. The van der Waals surface area contributed by atoms with Crippen molar-refractivity contribution < 1.29 is 4.74 Å². The summed E-state index contributed by atoms with van der Waals surface area (Å²) < 4.78 is 5.15. The number of rotatable bonds is 6. The van der Waals surface area contributed by atoms with Crippen LogP contribution in [-0.2, 0) is 4.74 Å². The summed E-state index contributed by atoms with van der Waals surface area (Å²) >= 11 is 0. The zero-order valence-electron chi connectivity index (χ0n) is 11.3. The first-order chi connectivity index (χ1) is 7.62. The van der Waals surface area contributed by atoms with Gasteiger partial charge in [0.05, 0.1) is 0 Å². The molecule has 0 aromatic heterocycles. The van der Waals surface area contributed by atoms with E-state index in [0.29, 0.717) is 5.92 Å². The summed E-state index contributed by atoms with van der Waals surface area (Å²) in [6.07, 6.45) is 8.91. The van der Waals surface area contributed by atoms with Gasteiger partial charge in [0.2, 0.25) is 0 Å². The molecule has 0 aromatic carbocycles. The van der Waals surface area contributed by atoms with E-state index in [-0.39, 0.29) is 5.54 Å². The molecule has 96 valence electrons. The van der Waals surface area contributed by atoms with E-state index in [2.05, 4.69) is 13.8 Å². The van der Waals surface area contributed by atoms with Gasteiger partial charge in [-0.05, 0) is 43.9 Å². The van der Waals surface area contributed by atoms with Gasteiger partial charge in [-0.2, -0.15) is 0 Å². The molecule has 0 bridgehead atoms. The zero-order valence-corrected chi connectivity index (χ0v) is 11.3. The molecule has 16 heavy (non-hydrogen) atoms. The lowest BCUT2D eigenvalue weighted by Gasteiger charge is -2.41. The van der Waals surface area contributed by atoms with Crippen molar-refractivity contribution >= 4 is 0 Å². The van der Waals surface area contributed by atoms with Crippen molar-refractivity contribution in [1.29, 1.82) is 0 Å². The number of nitrogens with two attached hydrogens (primary N) is 1. The molecule has 2 heteroatoms. The van der Waals surface area contributed by atoms with Crippen LogP contribution in [0, 0.1) is 11.8 Å². The van der Waals surface area contributed by atoms with E-state index < -0.39 is 0 Å². The fourth-order valence-corrected chi connectivity index (χ4v) is 2.99. The third kappa shape index (κ3) is 3.74. The van der Waals surface area contributed by atoms with Gasteiger partial charge in [0.25, 0.3) is 0 Å². The Morgan fingerprint density at radius 3 is 2.50 bits per heavy atom. The van der Waals surface area contributed by atoms with Gasteiger partial charge in [0.1, 0.15) is 0 Å². The molecule has 2 nitrogen and oxygen atoms in total. The summed E-state index contributed by atoms with van der Waals surface area (Å²) in [4.78, 5) is 0. The number of ether oxygens (including phenoxy) is 1. The number of methoxy groups -OCH3 is 1. The first kappa shape index (κ1) is 14.0. The van der Waals surface area contributed by atoms with Crippen LogP contribution in [0.2, 0.25) is 0 Å². The van der Waals surface area contributed by atoms with Crippen LogP contribution in [0.3, 0.4) is 0 Å². The van der Waals surface area contributed by atoms with Gasteiger partial charge in [-0.25, -0.2) is 0 Å². The second-order valence-corrected chi connectivity index (χ2v) is 5.65. The van der Waals surface area contributed by atoms with Crippen molar-refractivity contribution in [3.05, 3.63) is 0 Å². The highest BCUT2D eigenvalue weighted by Gasteiger charge is 2.35. The topological polar surface area (TPSA) is 35.2 Å². The van der Waals surface area contributed by atoms with Gasteiger partial charge in [0, 0.05) is 19.3 Å². The molecule has 1 aliphatic rings. The third-order valence-electron chi connectivity index (χ3n) is 4.47. The number of hydrogen-bond acceptors (Lipinski definition) is 2. The summed E-state index contributed by atoms with van der Waals surface area (Å²) in [5.74, 6) is 1.53. The van der Waals surface area contributed by atoms with E-state index in [1.54, 1.807) is 7.11 Å². The van der Waals surface area contributed by atoms with Crippen molar-refractivity contribution in [3.63, 3.8) is 0 Å². The van der Waals surface area contributed by atoms with E-state index in [1.807, 2.05) is 0 Å². The average molecular weight is 227 g/mol. The van der Waals surface area contributed by atoms with Crippen LogP contribution >= 0.6 is 0 Å². The minimum atomic E-state index is 0.0861. The van der Waals surface area contributed by atoms with Crippen molar-refractivity contribution in [2.75, 3.05) is 13.7 Å². The zero-order chi connectivity index (χ0) is 12.0. The highest BCUT2D eigenvalue weighted by molar-refractivity contribution is 4.93. The molecule has 0 heterocycles. The monoisotopic (exact) mass is 227 g/mol. The molecular weight excluding hydrogens is 198 g/mol. The fourth-order valence-electron chi connectivity index (χ4n) is 2.99. The van der Waals surface area contributed by atoms with E-state index in [9.17, 15) is 0 Å². The minimum Gasteiger partial charge on any atom is -0.385 e. The molecule has 0 spiro atoms. The highest BCUT2D eigenvalue weighted by atomic mass is 16.5. The summed E-state index contributed by atoms with van der Waals surface area (Å²) in [6, 6.07) is 0. The lowest BCUT2D eigenvalue weighted by atomic mass is 9.69. The van der Waals surface area contributed by atoms with Crippen LogP contribution in [-0.4, -0.2) is 19.3 Å². The molecule has 0 saturated heterocycles. The van der Waals surface area contributed by atoms with Crippen LogP contribution in [0.25, 0.3) is 0 Å². The van der Waals surface area contributed by atoms with E-state index in [0.717, 1.165) is 18.9 Å². The van der Waals surface area contributed by atoms with Gasteiger partial charge in [-0.3, -0.25) is 0 Å². The molecule has 0 aliphatic heterocycles. The Balaban J connectivity index is 2.36. The van der Waals surface area contributed by atoms with Crippen molar-refractivity contribution in [1.82, 2.24) is 0 Å². The maximum absolute atomic E-state index is 6.55. The fraction of sp³-hybridized carbons (Fsp3) is 1.00. The summed E-state index contributed by atoms with van der Waals surface area (Å²) in [5, 5.41) is 0. The van der Waals surface area contributed by atoms with Gasteiger partial charge in [-0.1, -0.05) is 26.7 Å². The first-order valence-electron chi connectivity index (χ1n) is 6.90. The molecule has 1 fully saturated rings. The van der Waals surface area contributed by atoms with Gasteiger partial charge in [-0.15, -0.1) is 0 Å². The van der Waals surface area contributed by atoms with Crippen molar-refractivity contribution in [2.45, 2.75) is 64.3 Å². The SMILES string of the molecule is CCCC1CCC(N)(C(C)CCOC)CC1.